The zero-order chi connectivity index (χ0) is 21.1. The molecule has 0 fully saturated rings. The summed E-state index contributed by atoms with van der Waals surface area (Å²) in [4.78, 5) is 28.8. The predicted octanol–water partition coefficient (Wildman–Crippen LogP) is 4.30. The molecule has 0 unspecified atom stereocenters. The molecule has 0 radical (unpaired) electrons. The molecular formula is C20H17Br2N3O4. The SMILES string of the molecule is CCc1nc2ccc(Br)cc2c(=O)n1N=Cc1cc(OC)c(OC(C)=O)cc1Br. The van der Waals surface area contributed by atoms with E-state index in [4.69, 9.17) is 9.47 Å². The normalized spacial score (nSPS) is 11.2. The van der Waals surface area contributed by atoms with Crippen LogP contribution >= 0.6 is 31.9 Å². The molecule has 2 aromatic carbocycles. The van der Waals surface area contributed by atoms with Gasteiger partial charge in [0.15, 0.2) is 11.5 Å². The third-order valence-electron chi connectivity index (χ3n) is 4.04. The van der Waals surface area contributed by atoms with Gasteiger partial charge < -0.3 is 9.47 Å². The molecule has 3 rings (SSSR count). The van der Waals surface area contributed by atoms with Gasteiger partial charge in [0.2, 0.25) is 0 Å². The lowest BCUT2D eigenvalue weighted by molar-refractivity contribution is -0.132. The zero-order valence-electron chi connectivity index (χ0n) is 15.9. The van der Waals surface area contributed by atoms with Crippen molar-refractivity contribution in [3.8, 4) is 11.5 Å². The van der Waals surface area contributed by atoms with Crippen LogP contribution in [0.15, 0.2) is 49.2 Å². The Kier molecular flexibility index (Phi) is 6.49. The first-order valence-electron chi connectivity index (χ1n) is 8.65. The standard InChI is InChI=1S/C20H17Br2N3O4/c1-4-19-24-16-6-5-13(21)8-14(16)20(27)25(19)23-10-12-7-17(28-3)18(9-15(12)22)29-11(2)26/h5-10H,4H2,1-3H3. The van der Waals surface area contributed by atoms with Crippen molar-refractivity contribution in [2.24, 2.45) is 5.10 Å². The van der Waals surface area contributed by atoms with E-state index in [1.165, 1.54) is 24.9 Å². The minimum atomic E-state index is -0.454. The highest BCUT2D eigenvalue weighted by Crippen LogP contribution is 2.33. The molecule has 29 heavy (non-hydrogen) atoms. The van der Waals surface area contributed by atoms with Gasteiger partial charge >= 0.3 is 5.97 Å². The Morgan fingerprint density at radius 2 is 2.00 bits per heavy atom. The number of hydrogen-bond acceptors (Lipinski definition) is 6. The van der Waals surface area contributed by atoms with E-state index in [2.05, 4.69) is 41.9 Å². The average molecular weight is 523 g/mol. The molecule has 0 saturated carbocycles. The Labute approximate surface area is 183 Å². The Morgan fingerprint density at radius 1 is 1.24 bits per heavy atom. The van der Waals surface area contributed by atoms with Crippen molar-refractivity contribution in [3.05, 3.63) is 61.0 Å². The number of benzene rings is 2. The zero-order valence-corrected chi connectivity index (χ0v) is 19.1. The average Bonchev–Trinajstić information content (AvgIpc) is 2.68. The Balaban J connectivity index is 2.10. The molecule has 0 amide bonds. The van der Waals surface area contributed by atoms with Crippen molar-refractivity contribution in [1.82, 2.24) is 9.66 Å². The van der Waals surface area contributed by atoms with Gasteiger partial charge in [0.1, 0.15) is 5.82 Å². The summed E-state index contributed by atoms with van der Waals surface area (Å²) in [5, 5.41) is 4.83. The topological polar surface area (TPSA) is 82.8 Å². The molecule has 0 saturated heterocycles. The van der Waals surface area contributed by atoms with Gasteiger partial charge in [-0.2, -0.15) is 9.78 Å². The number of rotatable bonds is 5. The monoisotopic (exact) mass is 521 g/mol. The second-order valence-electron chi connectivity index (χ2n) is 6.02. The molecule has 0 N–H and O–H groups in total. The number of aryl methyl sites for hydroxylation is 1. The molecule has 0 bridgehead atoms. The summed E-state index contributed by atoms with van der Waals surface area (Å²) in [5.41, 5.74) is 1.00. The molecule has 0 aliphatic carbocycles. The van der Waals surface area contributed by atoms with Crippen LogP contribution in [0.2, 0.25) is 0 Å². The van der Waals surface area contributed by atoms with Crippen LogP contribution in [0.3, 0.4) is 0 Å². The number of aromatic nitrogens is 2. The molecule has 0 aliphatic rings. The summed E-state index contributed by atoms with van der Waals surface area (Å²) in [5.74, 6) is 0.742. The molecule has 7 nitrogen and oxygen atoms in total. The van der Waals surface area contributed by atoms with Crippen LogP contribution in [0.4, 0.5) is 0 Å². The van der Waals surface area contributed by atoms with Gasteiger partial charge in [0.05, 0.1) is 24.2 Å². The number of methoxy groups -OCH3 is 1. The maximum absolute atomic E-state index is 13.0. The van der Waals surface area contributed by atoms with E-state index in [1.54, 1.807) is 24.3 Å². The van der Waals surface area contributed by atoms with Crippen molar-refractivity contribution >= 4 is 54.9 Å². The fourth-order valence-corrected chi connectivity index (χ4v) is 3.49. The maximum Gasteiger partial charge on any atom is 0.308 e. The fraction of sp³-hybridized carbons (Fsp3) is 0.200. The summed E-state index contributed by atoms with van der Waals surface area (Å²) in [6.45, 7) is 3.22. The minimum Gasteiger partial charge on any atom is -0.493 e. The highest BCUT2D eigenvalue weighted by molar-refractivity contribution is 9.10. The highest BCUT2D eigenvalue weighted by atomic mass is 79.9. The summed E-state index contributed by atoms with van der Waals surface area (Å²) in [6.07, 6.45) is 2.06. The number of nitrogens with zero attached hydrogens (tertiary/aromatic N) is 3. The number of esters is 1. The van der Waals surface area contributed by atoms with Crippen LogP contribution in [-0.2, 0) is 11.2 Å². The van der Waals surface area contributed by atoms with Crippen molar-refractivity contribution in [2.75, 3.05) is 7.11 Å². The molecule has 0 aliphatic heterocycles. The Hall–Kier alpha value is -2.52. The fourth-order valence-electron chi connectivity index (χ4n) is 2.71. The molecular weight excluding hydrogens is 506 g/mol. The largest absolute Gasteiger partial charge is 0.493 e. The third-order valence-corrected chi connectivity index (χ3v) is 5.22. The van der Waals surface area contributed by atoms with Gasteiger partial charge in [0.25, 0.3) is 5.56 Å². The van der Waals surface area contributed by atoms with Crippen LogP contribution in [-0.4, -0.2) is 29.0 Å². The van der Waals surface area contributed by atoms with Gasteiger partial charge in [-0.15, -0.1) is 0 Å². The first-order chi connectivity index (χ1) is 13.8. The molecule has 1 heterocycles. The summed E-state index contributed by atoms with van der Waals surface area (Å²) >= 11 is 6.81. The smallest absolute Gasteiger partial charge is 0.308 e. The van der Waals surface area contributed by atoms with Crippen molar-refractivity contribution in [2.45, 2.75) is 20.3 Å². The number of carbonyl (C=O) groups is 1. The second kappa shape index (κ2) is 8.87. The lowest BCUT2D eigenvalue weighted by atomic mass is 10.2. The van der Waals surface area contributed by atoms with E-state index in [1.807, 2.05) is 13.0 Å². The number of halogens is 2. The second-order valence-corrected chi connectivity index (χ2v) is 7.79. The number of carbonyl (C=O) groups excluding carboxylic acids is 1. The van der Waals surface area contributed by atoms with Crippen LogP contribution in [0.1, 0.15) is 25.2 Å². The summed E-state index contributed by atoms with van der Waals surface area (Å²) in [7, 11) is 1.47. The van der Waals surface area contributed by atoms with Crippen molar-refractivity contribution < 1.29 is 14.3 Å². The van der Waals surface area contributed by atoms with Gasteiger partial charge in [-0.25, -0.2) is 4.98 Å². The number of ether oxygens (including phenoxy) is 2. The first-order valence-corrected chi connectivity index (χ1v) is 10.2. The van der Waals surface area contributed by atoms with Gasteiger partial charge in [0, 0.05) is 27.9 Å². The quantitative estimate of drug-likeness (QED) is 0.283. The highest BCUT2D eigenvalue weighted by Gasteiger charge is 2.13. The number of hydrogen-bond donors (Lipinski definition) is 0. The molecule has 1 aromatic heterocycles. The molecule has 150 valence electrons. The lowest BCUT2D eigenvalue weighted by Gasteiger charge is -2.11. The van der Waals surface area contributed by atoms with E-state index in [9.17, 15) is 9.59 Å². The van der Waals surface area contributed by atoms with E-state index in [-0.39, 0.29) is 11.3 Å². The molecule has 0 spiro atoms. The van der Waals surface area contributed by atoms with Crippen LogP contribution in [0.5, 0.6) is 11.5 Å². The molecule has 0 atom stereocenters. The van der Waals surface area contributed by atoms with Crippen LogP contribution < -0.4 is 15.0 Å². The number of fused-ring (bicyclic) bond motifs is 1. The van der Waals surface area contributed by atoms with Gasteiger partial charge in [-0.05, 0) is 46.3 Å². The lowest BCUT2D eigenvalue weighted by Crippen LogP contribution is -2.22. The van der Waals surface area contributed by atoms with E-state index >= 15 is 0 Å². The Bertz CT molecular complexity index is 1190. The maximum atomic E-state index is 13.0. The van der Waals surface area contributed by atoms with Gasteiger partial charge in [-0.3, -0.25) is 9.59 Å². The molecule has 9 heteroatoms. The van der Waals surface area contributed by atoms with Gasteiger partial charge in [-0.1, -0.05) is 22.9 Å². The third kappa shape index (κ3) is 4.56. The van der Waals surface area contributed by atoms with E-state index in [0.29, 0.717) is 38.9 Å². The van der Waals surface area contributed by atoms with Crippen LogP contribution in [0.25, 0.3) is 10.9 Å². The summed E-state index contributed by atoms with van der Waals surface area (Å²) < 4.78 is 13.1. The van der Waals surface area contributed by atoms with Crippen molar-refractivity contribution in [1.29, 1.82) is 0 Å². The van der Waals surface area contributed by atoms with Crippen LogP contribution in [0, 0.1) is 0 Å². The van der Waals surface area contributed by atoms with E-state index < -0.39 is 5.97 Å². The Morgan fingerprint density at radius 3 is 2.66 bits per heavy atom. The summed E-state index contributed by atoms with van der Waals surface area (Å²) in [6, 6.07) is 8.64. The predicted molar refractivity (Wildman–Crippen MR) is 118 cm³/mol. The first kappa shape index (κ1) is 21.2. The molecule has 3 aromatic rings. The van der Waals surface area contributed by atoms with Crippen molar-refractivity contribution in [3.63, 3.8) is 0 Å². The van der Waals surface area contributed by atoms with E-state index in [0.717, 1.165) is 4.47 Å². The minimum absolute atomic E-state index is 0.260.